The van der Waals surface area contributed by atoms with Crippen LogP contribution in [0.1, 0.15) is 15.9 Å². The molecule has 0 unspecified atom stereocenters. The number of aromatic amines is 1. The molecule has 0 atom stereocenters. The van der Waals surface area contributed by atoms with Gasteiger partial charge < -0.3 is 4.98 Å². The van der Waals surface area contributed by atoms with Gasteiger partial charge in [0, 0.05) is 33.3 Å². The van der Waals surface area contributed by atoms with Crippen LogP contribution in [0.15, 0.2) is 84.9 Å². The molecule has 0 aliphatic rings. The summed E-state index contributed by atoms with van der Waals surface area (Å²) >= 11 is 0. The zero-order valence-electron chi connectivity index (χ0n) is 12.5. The summed E-state index contributed by atoms with van der Waals surface area (Å²) in [5.41, 5.74) is 4.38. The summed E-state index contributed by atoms with van der Waals surface area (Å²) in [6, 6.07) is 27.4. The molecule has 0 spiro atoms. The Labute approximate surface area is 134 Å². The monoisotopic (exact) mass is 297 g/mol. The lowest BCUT2D eigenvalue weighted by molar-refractivity contribution is 0.103. The van der Waals surface area contributed by atoms with Gasteiger partial charge in [0.1, 0.15) is 0 Å². The molecular weight excluding hydrogens is 282 g/mol. The van der Waals surface area contributed by atoms with E-state index in [1.54, 1.807) is 0 Å². The molecule has 0 bridgehead atoms. The van der Waals surface area contributed by atoms with Crippen molar-refractivity contribution >= 4 is 16.7 Å². The van der Waals surface area contributed by atoms with E-state index in [4.69, 9.17) is 0 Å². The molecule has 0 aliphatic carbocycles. The zero-order chi connectivity index (χ0) is 15.6. The minimum Gasteiger partial charge on any atom is -0.355 e. The first-order valence-corrected chi connectivity index (χ1v) is 7.60. The van der Waals surface area contributed by atoms with Gasteiger partial charge in [-0.05, 0) is 12.1 Å². The van der Waals surface area contributed by atoms with Crippen molar-refractivity contribution < 1.29 is 4.79 Å². The van der Waals surface area contributed by atoms with Crippen molar-refractivity contribution in [1.82, 2.24) is 4.98 Å². The van der Waals surface area contributed by atoms with E-state index in [0.717, 1.165) is 22.2 Å². The molecule has 3 aromatic carbocycles. The van der Waals surface area contributed by atoms with E-state index in [1.807, 2.05) is 72.8 Å². The van der Waals surface area contributed by atoms with Crippen LogP contribution in [0.5, 0.6) is 0 Å². The van der Waals surface area contributed by atoms with Crippen LogP contribution in [0.25, 0.3) is 22.2 Å². The Hall–Kier alpha value is -3.13. The van der Waals surface area contributed by atoms with Crippen LogP contribution in [0.4, 0.5) is 0 Å². The number of hydrogen-bond donors (Lipinski definition) is 1. The van der Waals surface area contributed by atoms with Crippen molar-refractivity contribution in [3.05, 3.63) is 96.1 Å². The zero-order valence-corrected chi connectivity index (χ0v) is 12.5. The molecule has 0 saturated carbocycles. The first kappa shape index (κ1) is 13.5. The van der Waals surface area contributed by atoms with E-state index < -0.39 is 0 Å². The maximum Gasteiger partial charge on any atom is 0.193 e. The fraction of sp³-hybridized carbons (Fsp3) is 0. The second-order valence-electron chi connectivity index (χ2n) is 5.51. The predicted octanol–water partition coefficient (Wildman–Crippen LogP) is 5.07. The lowest BCUT2D eigenvalue weighted by Crippen LogP contribution is -2.03. The average Bonchev–Trinajstić information content (AvgIpc) is 3.06. The normalized spacial score (nSPS) is 10.8. The van der Waals surface area contributed by atoms with Crippen LogP contribution >= 0.6 is 0 Å². The fourth-order valence-corrected chi connectivity index (χ4v) is 2.88. The smallest absolute Gasteiger partial charge is 0.193 e. The highest BCUT2D eigenvalue weighted by molar-refractivity contribution is 6.13. The average molecular weight is 297 g/mol. The van der Waals surface area contributed by atoms with E-state index in [1.165, 1.54) is 0 Å². The Morgan fingerprint density at radius 2 is 1.43 bits per heavy atom. The number of para-hydroxylation sites is 1. The maximum absolute atomic E-state index is 12.8. The number of aromatic nitrogens is 1. The number of ketones is 1. The Balaban J connectivity index is 1.85. The van der Waals surface area contributed by atoms with Gasteiger partial charge in [-0.25, -0.2) is 0 Å². The Morgan fingerprint density at radius 1 is 0.739 bits per heavy atom. The van der Waals surface area contributed by atoms with Crippen molar-refractivity contribution in [2.75, 3.05) is 0 Å². The summed E-state index contributed by atoms with van der Waals surface area (Å²) in [7, 11) is 0. The summed E-state index contributed by atoms with van der Waals surface area (Å²) in [5, 5.41) is 1.14. The third-order valence-corrected chi connectivity index (χ3v) is 4.03. The summed E-state index contributed by atoms with van der Waals surface area (Å²) in [6.07, 6.45) is 0. The van der Waals surface area contributed by atoms with E-state index in [0.29, 0.717) is 11.1 Å². The second kappa shape index (κ2) is 5.58. The molecule has 23 heavy (non-hydrogen) atoms. The number of benzene rings is 3. The molecule has 0 fully saturated rings. The second-order valence-corrected chi connectivity index (χ2v) is 5.51. The third kappa shape index (κ3) is 2.44. The molecule has 1 aromatic heterocycles. The highest BCUT2D eigenvalue weighted by Gasteiger charge is 2.15. The first-order chi connectivity index (χ1) is 11.3. The molecule has 1 N–H and O–H groups in total. The topological polar surface area (TPSA) is 32.9 Å². The highest BCUT2D eigenvalue weighted by Crippen LogP contribution is 2.28. The molecule has 0 amide bonds. The van der Waals surface area contributed by atoms with Gasteiger partial charge in [0.15, 0.2) is 5.78 Å². The molecule has 0 saturated heterocycles. The lowest BCUT2D eigenvalue weighted by atomic mass is 9.97. The Bertz CT molecular complexity index is 950. The van der Waals surface area contributed by atoms with Gasteiger partial charge in [-0.2, -0.15) is 0 Å². The number of H-pyrrole nitrogens is 1. The molecule has 110 valence electrons. The van der Waals surface area contributed by atoms with E-state index in [-0.39, 0.29) is 5.78 Å². The number of carbonyl (C=O) groups is 1. The summed E-state index contributed by atoms with van der Waals surface area (Å²) in [5.74, 6) is 0.0415. The summed E-state index contributed by atoms with van der Waals surface area (Å²) in [4.78, 5) is 16.2. The van der Waals surface area contributed by atoms with Gasteiger partial charge in [-0.3, -0.25) is 4.79 Å². The van der Waals surface area contributed by atoms with Gasteiger partial charge in [-0.1, -0.05) is 72.8 Å². The van der Waals surface area contributed by atoms with Gasteiger partial charge in [0.2, 0.25) is 0 Å². The number of fused-ring (bicyclic) bond motifs is 1. The molecule has 4 aromatic rings. The Kier molecular flexibility index (Phi) is 3.28. The Morgan fingerprint density at radius 3 is 2.26 bits per heavy atom. The van der Waals surface area contributed by atoms with Crippen LogP contribution in [-0.4, -0.2) is 10.8 Å². The molecular formula is C21H15NO. The number of hydrogen-bond acceptors (Lipinski definition) is 1. The maximum atomic E-state index is 12.8. The van der Waals surface area contributed by atoms with E-state index >= 15 is 0 Å². The van der Waals surface area contributed by atoms with Crippen molar-refractivity contribution in [2.45, 2.75) is 0 Å². The van der Waals surface area contributed by atoms with Crippen molar-refractivity contribution in [1.29, 1.82) is 0 Å². The molecule has 1 heterocycles. The quantitative estimate of drug-likeness (QED) is 0.526. The van der Waals surface area contributed by atoms with E-state index in [2.05, 4.69) is 17.1 Å². The van der Waals surface area contributed by atoms with Crippen LogP contribution in [-0.2, 0) is 0 Å². The first-order valence-electron chi connectivity index (χ1n) is 7.60. The molecule has 4 rings (SSSR count). The van der Waals surface area contributed by atoms with E-state index in [9.17, 15) is 4.79 Å². The van der Waals surface area contributed by atoms with Crippen molar-refractivity contribution in [3.63, 3.8) is 0 Å². The molecule has 2 heteroatoms. The largest absolute Gasteiger partial charge is 0.355 e. The number of rotatable bonds is 3. The van der Waals surface area contributed by atoms with Gasteiger partial charge in [-0.15, -0.1) is 0 Å². The standard InChI is InChI=1S/C21H15NO/c23-21(15-8-2-1-3-9-15)18-12-6-5-11-17(18)20-14-16-10-4-7-13-19(16)22-20/h1-14,22H. The fourth-order valence-electron chi connectivity index (χ4n) is 2.88. The van der Waals surface area contributed by atoms with Crippen LogP contribution < -0.4 is 0 Å². The van der Waals surface area contributed by atoms with Crippen molar-refractivity contribution in [3.8, 4) is 11.3 Å². The van der Waals surface area contributed by atoms with Crippen LogP contribution in [0.2, 0.25) is 0 Å². The number of carbonyl (C=O) groups excluding carboxylic acids is 1. The van der Waals surface area contributed by atoms with Crippen LogP contribution in [0.3, 0.4) is 0 Å². The predicted molar refractivity (Wildman–Crippen MR) is 93.6 cm³/mol. The third-order valence-electron chi connectivity index (χ3n) is 4.03. The lowest BCUT2D eigenvalue weighted by Gasteiger charge is -2.07. The molecule has 0 aliphatic heterocycles. The molecule has 2 nitrogen and oxygen atoms in total. The minimum absolute atomic E-state index is 0.0415. The number of nitrogens with one attached hydrogen (secondary N) is 1. The summed E-state index contributed by atoms with van der Waals surface area (Å²) in [6.45, 7) is 0. The SMILES string of the molecule is O=C(c1ccccc1)c1ccccc1-c1cc2ccccc2[nH]1. The highest BCUT2D eigenvalue weighted by atomic mass is 16.1. The van der Waals surface area contributed by atoms with Crippen LogP contribution in [0, 0.1) is 0 Å². The van der Waals surface area contributed by atoms with Gasteiger partial charge in [0.05, 0.1) is 0 Å². The van der Waals surface area contributed by atoms with Gasteiger partial charge in [0.25, 0.3) is 0 Å². The van der Waals surface area contributed by atoms with Gasteiger partial charge >= 0.3 is 0 Å². The van der Waals surface area contributed by atoms with Crippen molar-refractivity contribution in [2.24, 2.45) is 0 Å². The summed E-state index contributed by atoms with van der Waals surface area (Å²) < 4.78 is 0. The minimum atomic E-state index is 0.0415. The molecule has 0 radical (unpaired) electrons.